The van der Waals surface area contributed by atoms with Gasteiger partial charge in [-0.2, -0.15) is 0 Å². The molecule has 0 N–H and O–H groups in total. The van der Waals surface area contributed by atoms with Gasteiger partial charge in [-0.15, -0.1) is 0 Å². The molecule has 0 bridgehead atoms. The molecular weight excluding hydrogens is 304 g/mol. The summed E-state index contributed by atoms with van der Waals surface area (Å²) in [4.78, 5) is 28.1. The molecule has 5 nitrogen and oxygen atoms in total. The quantitative estimate of drug-likeness (QED) is 0.831. The Hall–Kier alpha value is -2.04. The van der Waals surface area contributed by atoms with Crippen LogP contribution >= 0.6 is 0 Å². The highest BCUT2D eigenvalue weighted by atomic mass is 16.5. The molecule has 2 fully saturated rings. The molecule has 0 aromatic heterocycles. The van der Waals surface area contributed by atoms with E-state index in [4.69, 9.17) is 4.74 Å². The Morgan fingerprint density at radius 2 is 2.04 bits per heavy atom. The molecule has 3 rings (SSSR count). The van der Waals surface area contributed by atoms with Crippen LogP contribution < -0.4 is 4.74 Å². The number of benzene rings is 1. The van der Waals surface area contributed by atoms with Crippen molar-refractivity contribution < 1.29 is 14.3 Å². The van der Waals surface area contributed by atoms with Gasteiger partial charge in [-0.3, -0.25) is 9.59 Å². The van der Waals surface area contributed by atoms with E-state index in [0.29, 0.717) is 26.1 Å². The normalized spacial score (nSPS) is 21.3. The summed E-state index contributed by atoms with van der Waals surface area (Å²) in [5.41, 5.74) is 1.25. The van der Waals surface area contributed by atoms with E-state index in [2.05, 4.69) is 19.1 Å². The minimum absolute atomic E-state index is 0.0550. The fourth-order valence-corrected chi connectivity index (χ4v) is 3.38. The second-order valence-electron chi connectivity index (χ2n) is 7.02. The highest BCUT2D eigenvalue weighted by Gasteiger charge is 2.41. The summed E-state index contributed by atoms with van der Waals surface area (Å²) < 4.78 is 5.95. The number of rotatable bonds is 5. The monoisotopic (exact) mass is 330 g/mol. The molecule has 1 aromatic rings. The van der Waals surface area contributed by atoms with E-state index in [1.807, 2.05) is 30.9 Å². The largest absolute Gasteiger partial charge is 0.487 e. The average molecular weight is 330 g/mol. The lowest BCUT2D eigenvalue weighted by Crippen LogP contribution is -2.57. The molecule has 0 aliphatic carbocycles. The van der Waals surface area contributed by atoms with Gasteiger partial charge in [0, 0.05) is 19.0 Å². The highest BCUT2D eigenvalue weighted by Crippen LogP contribution is 2.26. The predicted octanol–water partition coefficient (Wildman–Crippen LogP) is 2.10. The molecule has 0 spiro atoms. The molecule has 5 heteroatoms. The highest BCUT2D eigenvalue weighted by molar-refractivity contribution is 5.89. The number of likely N-dealkylation sites (tertiary alicyclic amines) is 2. The predicted molar refractivity (Wildman–Crippen MR) is 91.8 cm³/mol. The topological polar surface area (TPSA) is 49.9 Å². The maximum absolute atomic E-state index is 12.5. The Kier molecular flexibility index (Phi) is 4.78. The lowest BCUT2D eigenvalue weighted by molar-refractivity contribution is -0.144. The second kappa shape index (κ2) is 6.83. The van der Waals surface area contributed by atoms with E-state index in [0.717, 1.165) is 12.2 Å². The number of nitrogens with zero attached hydrogens (tertiary/aromatic N) is 2. The summed E-state index contributed by atoms with van der Waals surface area (Å²) >= 11 is 0. The molecule has 1 aromatic carbocycles. The lowest BCUT2D eigenvalue weighted by atomic mass is 10.0. The first-order valence-corrected chi connectivity index (χ1v) is 8.81. The first kappa shape index (κ1) is 16.8. The van der Waals surface area contributed by atoms with Crippen molar-refractivity contribution in [1.29, 1.82) is 0 Å². The van der Waals surface area contributed by atoms with Crippen LogP contribution in [-0.4, -0.2) is 53.4 Å². The Bertz CT molecular complexity index is 623. The summed E-state index contributed by atoms with van der Waals surface area (Å²) in [7, 11) is 0. The minimum atomic E-state index is -0.190. The first-order valence-electron chi connectivity index (χ1n) is 8.81. The van der Waals surface area contributed by atoms with Crippen LogP contribution in [0.15, 0.2) is 24.3 Å². The van der Waals surface area contributed by atoms with Gasteiger partial charge < -0.3 is 14.5 Å². The standard InChI is InChI=1S/C19H26N2O3/c1-4-14-6-5-7-16(8-14)24-17-11-20(12-17)19(23)15-9-18(22)21(10-15)13(2)3/h5-8,13,15,17H,4,9-12H2,1-3H3/t15-/m1/s1. The van der Waals surface area contributed by atoms with E-state index in [1.54, 1.807) is 4.90 Å². The minimum Gasteiger partial charge on any atom is -0.487 e. The molecule has 2 aliphatic rings. The van der Waals surface area contributed by atoms with E-state index in [1.165, 1.54) is 5.56 Å². The summed E-state index contributed by atoms with van der Waals surface area (Å²) in [5.74, 6) is 0.861. The number of carbonyl (C=O) groups is 2. The molecule has 0 saturated carbocycles. The molecular formula is C19H26N2O3. The van der Waals surface area contributed by atoms with Gasteiger partial charge in [0.05, 0.1) is 19.0 Å². The van der Waals surface area contributed by atoms with Crippen molar-refractivity contribution in [1.82, 2.24) is 9.80 Å². The summed E-state index contributed by atoms with van der Waals surface area (Å²) in [6, 6.07) is 8.26. The van der Waals surface area contributed by atoms with Crippen molar-refractivity contribution in [3.05, 3.63) is 29.8 Å². The molecule has 2 amide bonds. The van der Waals surface area contributed by atoms with Crippen molar-refractivity contribution in [3.63, 3.8) is 0 Å². The Morgan fingerprint density at radius 3 is 2.67 bits per heavy atom. The smallest absolute Gasteiger partial charge is 0.228 e. The molecule has 0 radical (unpaired) electrons. The van der Waals surface area contributed by atoms with Crippen LogP contribution in [0.4, 0.5) is 0 Å². The van der Waals surface area contributed by atoms with E-state index < -0.39 is 0 Å². The van der Waals surface area contributed by atoms with Crippen LogP contribution in [0.25, 0.3) is 0 Å². The zero-order chi connectivity index (χ0) is 17.3. The van der Waals surface area contributed by atoms with Gasteiger partial charge in [0.1, 0.15) is 11.9 Å². The second-order valence-corrected chi connectivity index (χ2v) is 7.02. The van der Waals surface area contributed by atoms with Gasteiger partial charge in [-0.1, -0.05) is 19.1 Å². The van der Waals surface area contributed by atoms with Crippen molar-refractivity contribution in [2.45, 2.75) is 45.8 Å². The average Bonchev–Trinajstić information content (AvgIpc) is 2.92. The van der Waals surface area contributed by atoms with Crippen LogP contribution in [-0.2, 0) is 16.0 Å². The molecule has 24 heavy (non-hydrogen) atoms. The van der Waals surface area contributed by atoms with Gasteiger partial charge in [-0.25, -0.2) is 0 Å². The number of hydrogen-bond donors (Lipinski definition) is 0. The molecule has 130 valence electrons. The van der Waals surface area contributed by atoms with Crippen molar-refractivity contribution in [3.8, 4) is 5.75 Å². The van der Waals surface area contributed by atoms with Gasteiger partial charge in [0.15, 0.2) is 0 Å². The maximum Gasteiger partial charge on any atom is 0.228 e. The molecule has 0 unspecified atom stereocenters. The van der Waals surface area contributed by atoms with Crippen molar-refractivity contribution in [2.75, 3.05) is 19.6 Å². The van der Waals surface area contributed by atoms with Crippen LogP contribution in [0.3, 0.4) is 0 Å². The number of ether oxygens (including phenoxy) is 1. The molecule has 2 aliphatic heterocycles. The van der Waals surface area contributed by atoms with Crippen LogP contribution in [0, 0.1) is 5.92 Å². The summed E-state index contributed by atoms with van der Waals surface area (Å²) in [6.45, 7) is 7.87. The molecule has 1 atom stereocenters. The van der Waals surface area contributed by atoms with E-state index in [9.17, 15) is 9.59 Å². The van der Waals surface area contributed by atoms with Crippen molar-refractivity contribution in [2.24, 2.45) is 5.92 Å². The summed E-state index contributed by atoms with van der Waals surface area (Å²) in [5, 5.41) is 0. The van der Waals surface area contributed by atoms with Crippen LogP contribution in [0.1, 0.15) is 32.8 Å². The van der Waals surface area contributed by atoms with Crippen LogP contribution in [0.5, 0.6) is 5.75 Å². The summed E-state index contributed by atoms with van der Waals surface area (Å²) in [6.07, 6.45) is 1.38. The lowest BCUT2D eigenvalue weighted by Gasteiger charge is -2.40. The Balaban J connectivity index is 1.49. The third-order valence-electron chi connectivity index (χ3n) is 4.90. The number of hydrogen-bond acceptors (Lipinski definition) is 3. The number of aryl methyl sites for hydroxylation is 1. The van der Waals surface area contributed by atoms with Gasteiger partial charge in [0.2, 0.25) is 11.8 Å². The SMILES string of the molecule is CCc1cccc(OC2CN(C(=O)[C@@H]3CC(=O)N(C(C)C)C3)C2)c1. The number of carbonyl (C=O) groups excluding carboxylic acids is 2. The van der Waals surface area contributed by atoms with Gasteiger partial charge in [0.25, 0.3) is 0 Å². The fourth-order valence-electron chi connectivity index (χ4n) is 3.38. The van der Waals surface area contributed by atoms with E-state index in [-0.39, 0.29) is 29.9 Å². The molecule has 2 heterocycles. The third kappa shape index (κ3) is 3.40. The Labute approximate surface area is 143 Å². The van der Waals surface area contributed by atoms with Gasteiger partial charge >= 0.3 is 0 Å². The maximum atomic E-state index is 12.5. The zero-order valence-corrected chi connectivity index (χ0v) is 14.7. The van der Waals surface area contributed by atoms with Crippen molar-refractivity contribution >= 4 is 11.8 Å². The fraction of sp³-hybridized carbons (Fsp3) is 0.579. The Morgan fingerprint density at radius 1 is 1.29 bits per heavy atom. The number of amides is 2. The first-order chi connectivity index (χ1) is 11.5. The zero-order valence-electron chi connectivity index (χ0n) is 14.7. The van der Waals surface area contributed by atoms with Crippen LogP contribution in [0.2, 0.25) is 0 Å². The van der Waals surface area contributed by atoms with Gasteiger partial charge in [-0.05, 0) is 38.0 Å². The van der Waals surface area contributed by atoms with E-state index >= 15 is 0 Å². The third-order valence-corrected chi connectivity index (χ3v) is 4.90. The molecule has 2 saturated heterocycles.